The Morgan fingerprint density at radius 3 is 2.27 bits per heavy atom. The maximum atomic E-state index is 13.7. The lowest BCUT2D eigenvalue weighted by Crippen LogP contribution is -2.50. The average molecular weight is 618 g/mol. The van der Waals surface area contributed by atoms with Gasteiger partial charge in [-0.05, 0) is 88.9 Å². The fraction of sp³-hybridized carbons (Fsp3) is 0.382. The standard InChI is InChI=1S/C34H39N3O8/c1-33(2,3)44-30(38)20-27(35-32(40)45-34(4,5)6)31(39)36-17-16-24-19-25(13-15-28(24)36)43-21-22-12-14-26(29(18-22)37(41)42)23-10-8-7-9-11-23/h7-15,18-19,27H,16-17,20-21H2,1-6H3,(H,35,40)/t27-/m1/s1. The third-order valence-corrected chi connectivity index (χ3v) is 6.74. The van der Waals surface area contributed by atoms with E-state index in [1.165, 1.54) is 11.0 Å². The summed E-state index contributed by atoms with van der Waals surface area (Å²) >= 11 is 0. The molecule has 0 radical (unpaired) electrons. The van der Waals surface area contributed by atoms with Crippen LogP contribution in [-0.4, -0.2) is 46.7 Å². The average Bonchev–Trinajstić information content (AvgIpc) is 3.37. The Hall–Kier alpha value is -4.93. The molecule has 1 aliphatic heterocycles. The van der Waals surface area contributed by atoms with Crippen LogP contribution in [0.1, 0.15) is 59.1 Å². The van der Waals surface area contributed by atoms with E-state index in [2.05, 4.69) is 5.32 Å². The number of benzene rings is 3. The Morgan fingerprint density at radius 2 is 1.62 bits per heavy atom. The first-order valence-corrected chi connectivity index (χ1v) is 14.7. The van der Waals surface area contributed by atoms with Gasteiger partial charge in [0.25, 0.3) is 5.69 Å². The fourth-order valence-electron chi connectivity index (χ4n) is 4.93. The highest BCUT2D eigenvalue weighted by molar-refractivity contribution is 6.02. The molecule has 3 aromatic carbocycles. The smallest absolute Gasteiger partial charge is 0.408 e. The molecule has 0 unspecified atom stereocenters. The second-order valence-electron chi connectivity index (χ2n) is 12.8. The zero-order valence-electron chi connectivity index (χ0n) is 26.4. The number of fused-ring (bicyclic) bond motifs is 1. The number of esters is 1. The van der Waals surface area contributed by atoms with Crippen molar-refractivity contribution < 1.29 is 33.5 Å². The van der Waals surface area contributed by atoms with Gasteiger partial charge in [0.2, 0.25) is 5.91 Å². The van der Waals surface area contributed by atoms with Gasteiger partial charge >= 0.3 is 12.1 Å². The van der Waals surface area contributed by atoms with Gasteiger partial charge in [0, 0.05) is 18.3 Å². The largest absolute Gasteiger partial charge is 0.489 e. The number of hydrogen-bond acceptors (Lipinski definition) is 8. The van der Waals surface area contributed by atoms with Gasteiger partial charge in [-0.15, -0.1) is 0 Å². The first-order chi connectivity index (χ1) is 21.1. The summed E-state index contributed by atoms with van der Waals surface area (Å²) in [5.74, 6) is -0.558. The Morgan fingerprint density at radius 1 is 0.933 bits per heavy atom. The number of nitro benzene ring substituents is 1. The summed E-state index contributed by atoms with van der Waals surface area (Å²) < 4.78 is 16.7. The van der Waals surface area contributed by atoms with Crippen molar-refractivity contribution in [2.75, 3.05) is 11.4 Å². The molecule has 1 N–H and O–H groups in total. The van der Waals surface area contributed by atoms with E-state index in [1.807, 2.05) is 36.4 Å². The highest BCUT2D eigenvalue weighted by Crippen LogP contribution is 2.34. The second kappa shape index (κ2) is 13.4. The monoisotopic (exact) mass is 617 g/mol. The Labute approximate surface area is 262 Å². The number of carbonyl (C=O) groups excluding carboxylic acids is 3. The number of amides is 2. The topological polar surface area (TPSA) is 137 Å². The van der Waals surface area contributed by atoms with E-state index in [0.29, 0.717) is 35.5 Å². The number of alkyl carbamates (subject to hydrolysis) is 1. The van der Waals surface area contributed by atoms with Gasteiger partial charge in [-0.25, -0.2) is 4.79 Å². The number of ether oxygens (including phenoxy) is 3. The van der Waals surface area contributed by atoms with Gasteiger partial charge in [-0.3, -0.25) is 19.7 Å². The van der Waals surface area contributed by atoms with E-state index < -0.39 is 40.1 Å². The summed E-state index contributed by atoms with van der Waals surface area (Å²) in [6, 6.07) is 18.3. The van der Waals surface area contributed by atoms with Crippen LogP contribution < -0.4 is 15.0 Å². The van der Waals surface area contributed by atoms with Crippen LogP contribution in [0, 0.1) is 10.1 Å². The van der Waals surface area contributed by atoms with Crippen molar-refractivity contribution in [1.82, 2.24) is 5.32 Å². The molecule has 11 nitrogen and oxygen atoms in total. The van der Waals surface area contributed by atoms with Crippen LogP contribution in [0.5, 0.6) is 5.75 Å². The normalized spacial score (nSPS) is 13.4. The van der Waals surface area contributed by atoms with Gasteiger partial charge in [-0.1, -0.05) is 36.4 Å². The molecule has 4 rings (SSSR count). The van der Waals surface area contributed by atoms with Gasteiger partial charge in [0.05, 0.1) is 16.9 Å². The molecule has 0 saturated carbocycles. The number of rotatable bonds is 9. The minimum atomic E-state index is -1.20. The molecule has 2 amide bonds. The molecule has 45 heavy (non-hydrogen) atoms. The molecule has 0 bridgehead atoms. The molecule has 1 heterocycles. The summed E-state index contributed by atoms with van der Waals surface area (Å²) in [5.41, 5.74) is 1.83. The Balaban J connectivity index is 1.48. The second-order valence-corrected chi connectivity index (χ2v) is 12.8. The third-order valence-electron chi connectivity index (χ3n) is 6.74. The van der Waals surface area contributed by atoms with Gasteiger partial charge in [0.1, 0.15) is 29.6 Å². The van der Waals surface area contributed by atoms with Crippen LogP contribution in [-0.2, 0) is 32.1 Å². The van der Waals surface area contributed by atoms with Crippen LogP contribution in [0.3, 0.4) is 0 Å². The maximum Gasteiger partial charge on any atom is 0.408 e. The van der Waals surface area contributed by atoms with Crippen molar-refractivity contribution in [2.45, 2.75) is 78.2 Å². The molecule has 238 valence electrons. The zero-order valence-corrected chi connectivity index (χ0v) is 26.4. The summed E-state index contributed by atoms with van der Waals surface area (Å²) in [4.78, 5) is 51.8. The van der Waals surface area contributed by atoms with Crippen molar-refractivity contribution in [3.05, 3.63) is 88.0 Å². The molecule has 3 aromatic rings. The molecule has 11 heteroatoms. The van der Waals surface area contributed by atoms with Crippen LogP contribution in [0.25, 0.3) is 11.1 Å². The quantitative estimate of drug-likeness (QED) is 0.166. The minimum Gasteiger partial charge on any atom is -0.489 e. The molecule has 0 aromatic heterocycles. The molecule has 0 aliphatic carbocycles. The minimum absolute atomic E-state index is 0.00802. The Kier molecular flexibility index (Phi) is 9.80. The van der Waals surface area contributed by atoms with E-state index in [1.54, 1.807) is 65.8 Å². The number of nitro groups is 1. The molecule has 0 saturated heterocycles. The SMILES string of the molecule is CC(C)(C)OC(=O)C[C@@H](NC(=O)OC(C)(C)C)C(=O)N1CCc2cc(OCc3ccc(-c4ccccc4)c([N+](=O)[O-])c3)ccc21. The molecular formula is C34H39N3O8. The van der Waals surface area contributed by atoms with E-state index in [-0.39, 0.29) is 18.7 Å². The summed E-state index contributed by atoms with van der Waals surface area (Å²) in [6.45, 7) is 10.7. The summed E-state index contributed by atoms with van der Waals surface area (Å²) in [7, 11) is 0. The summed E-state index contributed by atoms with van der Waals surface area (Å²) in [6.07, 6.45) is -0.650. The highest BCUT2D eigenvalue weighted by Gasteiger charge is 2.35. The van der Waals surface area contributed by atoms with E-state index in [4.69, 9.17) is 14.2 Å². The Bertz CT molecular complexity index is 1540. The van der Waals surface area contributed by atoms with Gasteiger partial charge < -0.3 is 24.4 Å². The highest BCUT2D eigenvalue weighted by atomic mass is 16.6. The summed E-state index contributed by atoms with van der Waals surface area (Å²) in [5, 5.41) is 14.3. The number of hydrogen-bond donors (Lipinski definition) is 1. The van der Waals surface area contributed by atoms with Crippen molar-refractivity contribution in [1.29, 1.82) is 0 Å². The van der Waals surface area contributed by atoms with Gasteiger partial charge in [0.15, 0.2) is 0 Å². The van der Waals surface area contributed by atoms with Crippen LogP contribution in [0.15, 0.2) is 66.7 Å². The van der Waals surface area contributed by atoms with E-state index in [0.717, 1.165) is 11.1 Å². The lowest BCUT2D eigenvalue weighted by molar-refractivity contribution is -0.384. The lowest BCUT2D eigenvalue weighted by Gasteiger charge is -2.27. The van der Waals surface area contributed by atoms with Crippen LogP contribution in [0.4, 0.5) is 16.2 Å². The fourth-order valence-corrected chi connectivity index (χ4v) is 4.93. The van der Waals surface area contributed by atoms with Crippen molar-refractivity contribution in [3.63, 3.8) is 0 Å². The number of nitrogens with zero attached hydrogens (tertiary/aromatic N) is 2. The molecule has 0 fully saturated rings. The lowest BCUT2D eigenvalue weighted by atomic mass is 10.0. The van der Waals surface area contributed by atoms with E-state index in [9.17, 15) is 24.5 Å². The van der Waals surface area contributed by atoms with Crippen molar-refractivity contribution in [3.8, 4) is 16.9 Å². The van der Waals surface area contributed by atoms with Crippen LogP contribution >= 0.6 is 0 Å². The third kappa shape index (κ3) is 9.04. The molecule has 0 spiro atoms. The number of anilines is 1. The van der Waals surface area contributed by atoms with Crippen LogP contribution in [0.2, 0.25) is 0 Å². The number of nitrogens with one attached hydrogen (secondary N) is 1. The molecule has 1 aliphatic rings. The maximum absolute atomic E-state index is 13.7. The first kappa shape index (κ1) is 33.0. The molecular weight excluding hydrogens is 578 g/mol. The predicted molar refractivity (Wildman–Crippen MR) is 169 cm³/mol. The van der Waals surface area contributed by atoms with Crippen molar-refractivity contribution >= 4 is 29.3 Å². The molecule has 1 atom stereocenters. The van der Waals surface area contributed by atoms with Gasteiger partial charge in [-0.2, -0.15) is 0 Å². The number of carbonyl (C=O) groups is 3. The predicted octanol–water partition coefficient (Wildman–Crippen LogP) is 6.36. The first-order valence-electron chi connectivity index (χ1n) is 14.7. The van der Waals surface area contributed by atoms with E-state index >= 15 is 0 Å². The zero-order chi connectivity index (χ0) is 32.9. The van der Waals surface area contributed by atoms with Crippen molar-refractivity contribution in [2.24, 2.45) is 0 Å².